The highest BCUT2D eigenvalue weighted by atomic mass is 16.5. The molecule has 0 saturated carbocycles. The summed E-state index contributed by atoms with van der Waals surface area (Å²) in [6.07, 6.45) is 3.40. The minimum Gasteiger partial charge on any atom is -0.384 e. The highest BCUT2D eigenvalue weighted by molar-refractivity contribution is 5.70. The fourth-order valence-electron chi connectivity index (χ4n) is 2.90. The molecular weight excluding hydrogens is 298 g/mol. The molecule has 2 rings (SSSR count). The molecule has 0 radical (unpaired) electrons. The Bertz CT molecular complexity index is 696. The fraction of sp³-hybridized carbons (Fsp3) is 0.667. The maximum atomic E-state index is 11.9. The molecule has 0 aliphatic heterocycles. The number of fused-ring (bicyclic) bond motifs is 1. The van der Waals surface area contributed by atoms with Crippen molar-refractivity contribution in [2.45, 2.75) is 38.8 Å². The second-order valence-electron chi connectivity index (χ2n) is 5.76. The van der Waals surface area contributed by atoms with E-state index in [-0.39, 0.29) is 23.7 Å². The van der Waals surface area contributed by atoms with Gasteiger partial charge in [0, 0.05) is 26.2 Å². The third kappa shape index (κ3) is 3.70. The van der Waals surface area contributed by atoms with Crippen molar-refractivity contribution in [1.82, 2.24) is 19.5 Å². The number of anilines is 1. The summed E-state index contributed by atoms with van der Waals surface area (Å²) < 4.78 is 12.8. The maximum Gasteiger partial charge on any atom is 0.280 e. The minimum absolute atomic E-state index is 0.0479. The van der Waals surface area contributed by atoms with Crippen molar-refractivity contribution in [2.75, 3.05) is 26.6 Å². The Hall–Kier alpha value is -1.93. The lowest BCUT2D eigenvalue weighted by Crippen LogP contribution is -2.29. The molecule has 2 unspecified atom stereocenters. The van der Waals surface area contributed by atoms with Crippen molar-refractivity contribution >= 4 is 17.1 Å². The molecule has 128 valence electrons. The average Bonchev–Trinajstić information content (AvgIpc) is 2.94. The van der Waals surface area contributed by atoms with E-state index in [1.165, 1.54) is 0 Å². The lowest BCUT2D eigenvalue weighted by atomic mass is 9.95. The van der Waals surface area contributed by atoms with Gasteiger partial charge in [-0.1, -0.05) is 6.92 Å². The normalized spacial score (nSPS) is 15.7. The van der Waals surface area contributed by atoms with Crippen molar-refractivity contribution in [1.29, 1.82) is 0 Å². The summed E-state index contributed by atoms with van der Waals surface area (Å²) in [5.74, 6) is 0.397. The molecular formula is C15H25N5O3. The topological polar surface area (TPSA) is 108 Å². The van der Waals surface area contributed by atoms with E-state index >= 15 is 0 Å². The predicted molar refractivity (Wildman–Crippen MR) is 88.3 cm³/mol. The van der Waals surface area contributed by atoms with Gasteiger partial charge in [0.1, 0.15) is 0 Å². The summed E-state index contributed by atoms with van der Waals surface area (Å²) in [7, 11) is 3.41. The zero-order chi connectivity index (χ0) is 17.0. The van der Waals surface area contributed by atoms with E-state index in [2.05, 4.69) is 21.9 Å². The van der Waals surface area contributed by atoms with Crippen LogP contribution in [0.3, 0.4) is 0 Å². The van der Waals surface area contributed by atoms with Crippen LogP contribution in [0.25, 0.3) is 11.2 Å². The number of ether oxygens (including phenoxy) is 2. The highest BCUT2D eigenvalue weighted by Crippen LogP contribution is 2.24. The Kier molecular flexibility index (Phi) is 5.73. The van der Waals surface area contributed by atoms with Gasteiger partial charge in [-0.15, -0.1) is 0 Å². The van der Waals surface area contributed by atoms with Gasteiger partial charge < -0.3 is 19.8 Å². The largest absolute Gasteiger partial charge is 0.384 e. The SMILES string of the molecule is CC[C@H](COC)C(CC(C)n1cnc2c(=O)[nH]c(N)nc21)OC. The van der Waals surface area contributed by atoms with Crippen LogP contribution in [0.4, 0.5) is 5.95 Å². The van der Waals surface area contributed by atoms with E-state index in [9.17, 15) is 4.79 Å². The Morgan fingerprint density at radius 3 is 2.78 bits per heavy atom. The molecule has 0 aliphatic rings. The first kappa shape index (κ1) is 17.4. The molecule has 0 bridgehead atoms. The molecule has 0 saturated heterocycles. The molecule has 2 heterocycles. The van der Waals surface area contributed by atoms with E-state index in [1.54, 1.807) is 20.5 Å². The van der Waals surface area contributed by atoms with Crippen LogP contribution in [0, 0.1) is 5.92 Å². The molecule has 0 spiro atoms. The third-order valence-electron chi connectivity index (χ3n) is 4.23. The summed E-state index contributed by atoms with van der Waals surface area (Å²) in [5.41, 5.74) is 6.10. The van der Waals surface area contributed by atoms with Crippen LogP contribution < -0.4 is 11.3 Å². The molecule has 0 aliphatic carbocycles. The number of H-pyrrole nitrogens is 1. The second kappa shape index (κ2) is 7.56. The van der Waals surface area contributed by atoms with Crippen LogP contribution in [0.1, 0.15) is 32.7 Å². The van der Waals surface area contributed by atoms with Crippen LogP contribution >= 0.6 is 0 Å². The summed E-state index contributed by atoms with van der Waals surface area (Å²) in [4.78, 5) is 22.7. The van der Waals surface area contributed by atoms with E-state index in [0.717, 1.165) is 12.8 Å². The number of nitrogens with one attached hydrogen (secondary N) is 1. The van der Waals surface area contributed by atoms with Gasteiger partial charge in [0.15, 0.2) is 11.2 Å². The molecule has 3 N–H and O–H groups in total. The van der Waals surface area contributed by atoms with Crippen LogP contribution in [-0.2, 0) is 9.47 Å². The van der Waals surface area contributed by atoms with Crippen LogP contribution in [0.5, 0.6) is 0 Å². The number of nitrogen functional groups attached to an aromatic ring is 1. The molecule has 8 heteroatoms. The quantitative estimate of drug-likeness (QED) is 0.759. The third-order valence-corrected chi connectivity index (χ3v) is 4.23. The van der Waals surface area contributed by atoms with E-state index < -0.39 is 0 Å². The standard InChI is InChI=1S/C15H25N5O3/c1-5-10(7-22-3)11(23-4)6-9(2)20-8-17-12-13(20)18-15(16)19-14(12)21/h8-11H,5-7H2,1-4H3,(H3,16,18,19,21)/t9?,10-,11?/m1/s1. The minimum atomic E-state index is -0.326. The van der Waals surface area contributed by atoms with Gasteiger partial charge in [0.2, 0.25) is 5.95 Å². The molecule has 0 fully saturated rings. The molecule has 8 nitrogen and oxygen atoms in total. The molecule has 23 heavy (non-hydrogen) atoms. The first-order valence-corrected chi connectivity index (χ1v) is 7.75. The molecule has 2 aromatic heterocycles. The van der Waals surface area contributed by atoms with Gasteiger partial charge in [-0.25, -0.2) is 4.98 Å². The van der Waals surface area contributed by atoms with Gasteiger partial charge in [-0.3, -0.25) is 9.78 Å². The number of rotatable bonds is 8. The Morgan fingerprint density at radius 1 is 1.43 bits per heavy atom. The van der Waals surface area contributed by atoms with Crippen LogP contribution in [0.2, 0.25) is 0 Å². The molecule has 3 atom stereocenters. The zero-order valence-electron chi connectivity index (χ0n) is 14.1. The lowest BCUT2D eigenvalue weighted by Gasteiger charge is -2.27. The summed E-state index contributed by atoms with van der Waals surface area (Å²) >= 11 is 0. The molecule has 2 aromatic rings. The first-order valence-electron chi connectivity index (χ1n) is 7.75. The van der Waals surface area contributed by atoms with Gasteiger partial charge in [-0.2, -0.15) is 4.98 Å². The van der Waals surface area contributed by atoms with Gasteiger partial charge in [-0.05, 0) is 19.8 Å². The summed E-state index contributed by atoms with van der Waals surface area (Å²) in [6.45, 7) is 4.82. The number of nitrogens with zero attached hydrogens (tertiary/aromatic N) is 3. The number of nitrogens with two attached hydrogens (primary N) is 1. The van der Waals surface area contributed by atoms with Crippen molar-refractivity contribution in [3.8, 4) is 0 Å². The lowest BCUT2D eigenvalue weighted by molar-refractivity contribution is 0.00121. The molecule has 0 amide bonds. The number of aromatic amines is 1. The average molecular weight is 323 g/mol. The van der Waals surface area contributed by atoms with Gasteiger partial charge >= 0.3 is 0 Å². The van der Waals surface area contributed by atoms with Crippen molar-refractivity contribution < 1.29 is 9.47 Å². The van der Waals surface area contributed by atoms with E-state index in [1.807, 2.05) is 11.5 Å². The van der Waals surface area contributed by atoms with Crippen LogP contribution in [-0.4, -0.2) is 46.4 Å². The first-order chi connectivity index (χ1) is 11.0. The number of methoxy groups -OCH3 is 2. The summed E-state index contributed by atoms with van der Waals surface area (Å²) in [5, 5.41) is 0. The monoisotopic (exact) mass is 323 g/mol. The Balaban J connectivity index is 2.26. The Labute approximate surface area is 135 Å². The second-order valence-corrected chi connectivity index (χ2v) is 5.76. The predicted octanol–water partition coefficient (Wildman–Crippen LogP) is 1.34. The van der Waals surface area contributed by atoms with Crippen molar-refractivity contribution in [2.24, 2.45) is 5.92 Å². The van der Waals surface area contributed by atoms with Crippen LogP contribution in [0.15, 0.2) is 11.1 Å². The number of aromatic nitrogens is 4. The number of imidazole rings is 1. The maximum absolute atomic E-state index is 11.9. The zero-order valence-corrected chi connectivity index (χ0v) is 14.1. The fourth-order valence-corrected chi connectivity index (χ4v) is 2.90. The van der Waals surface area contributed by atoms with E-state index in [0.29, 0.717) is 23.7 Å². The highest BCUT2D eigenvalue weighted by Gasteiger charge is 2.24. The van der Waals surface area contributed by atoms with Gasteiger partial charge in [0.05, 0.1) is 19.0 Å². The van der Waals surface area contributed by atoms with Crippen molar-refractivity contribution in [3.63, 3.8) is 0 Å². The number of hydrogen-bond acceptors (Lipinski definition) is 6. The van der Waals surface area contributed by atoms with Crippen molar-refractivity contribution in [3.05, 3.63) is 16.7 Å². The smallest absolute Gasteiger partial charge is 0.280 e. The Morgan fingerprint density at radius 2 is 2.17 bits per heavy atom. The molecule has 0 aromatic carbocycles. The number of hydrogen-bond donors (Lipinski definition) is 2. The van der Waals surface area contributed by atoms with Gasteiger partial charge in [0.25, 0.3) is 5.56 Å². The van der Waals surface area contributed by atoms with E-state index in [4.69, 9.17) is 15.2 Å². The summed E-state index contributed by atoms with van der Waals surface area (Å²) in [6, 6.07) is 0.0598.